The molecule has 0 aromatic heterocycles. The highest BCUT2D eigenvalue weighted by Crippen LogP contribution is 2.23. The first-order chi connectivity index (χ1) is 8.24. The van der Waals surface area contributed by atoms with Crippen molar-refractivity contribution in [2.24, 2.45) is 0 Å². The van der Waals surface area contributed by atoms with Gasteiger partial charge in [0.2, 0.25) is 0 Å². The molecule has 96 valence electrons. The number of thioether (sulfide) groups is 1. The fourth-order valence-electron chi connectivity index (χ4n) is 1.43. The van der Waals surface area contributed by atoms with Gasteiger partial charge in [-0.25, -0.2) is 8.78 Å². The van der Waals surface area contributed by atoms with Crippen LogP contribution in [-0.4, -0.2) is 18.8 Å². The number of hydrogen-bond donors (Lipinski definition) is 1. The molecule has 0 amide bonds. The van der Waals surface area contributed by atoms with E-state index in [1.807, 2.05) is 0 Å². The molecular formula is C13H19F2NS. The van der Waals surface area contributed by atoms with Crippen LogP contribution in [0, 0.1) is 11.6 Å². The van der Waals surface area contributed by atoms with E-state index in [9.17, 15) is 8.78 Å². The van der Waals surface area contributed by atoms with Crippen molar-refractivity contribution in [2.75, 3.05) is 18.8 Å². The van der Waals surface area contributed by atoms with Gasteiger partial charge in [-0.1, -0.05) is 6.92 Å². The van der Waals surface area contributed by atoms with Crippen molar-refractivity contribution in [3.63, 3.8) is 0 Å². The topological polar surface area (TPSA) is 12.0 Å². The minimum atomic E-state index is -0.518. The molecule has 1 rings (SSSR count). The number of halogens is 2. The van der Waals surface area contributed by atoms with Crippen LogP contribution in [0.25, 0.3) is 0 Å². The van der Waals surface area contributed by atoms with E-state index in [1.54, 1.807) is 0 Å². The zero-order chi connectivity index (χ0) is 12.5. The molecule has 4 heteroatoms. The lowest BCUT2D eigenvalue weighted by atomic mass is 10.3. The summed E-state index contributed by atoms with van der Waals surface area (Å²) in [5.41, 5.74) is 0. The van der Waals surface area contributed by atoms with E-state index in [0.29, 0.717) is 4.90 Å². The second-order valence-electron chi connectivity index (χ2n) is 3.88. The number of benzene rings is 1. The van der Waals surface area contributed by atoms with Gasteiger partial charge in [-0.15, -0.1) is 11.8 Å². The van der Waals surface area contributed by atoms with Gasteiger partial charge in [0.15, 0.2) is 0 Å². The van der Waals surface area contributed by atoms with Gasteiger partial charge in [0.25, 0.3) is 0 Å². The highest BCUT2D eigenvalue weighted by molar-refractivity contribution is 7.99. The first kappa shape index (κ1) is 14.5. The van der Waals surface area contributed by atoms with Gasteiger partial charge in [-0.2, -0.15) is 0 Å². The average molecular weight is 259 g/mol. The highest BCUT2D eigenvalue weighted by atomic mass is 32.2. The monoisotopic (exact) mass is 259 g/mol. The summed E-state index contributed by atoms with van der Waals surface area (Å²) in [6.45, 7) is 4.21. The van der Waals surface area contributed by atoms with Gasteiger partial charge in [0, 0.05) is 11.0 Å². The summed E-state index contributed by atoms with van der Waals surface area (Å²) < 4.78 is 25.9. The van der Waals surface area contributed by atoms with Crippen LogP contribution in [0.15, 0.2) is 23.1 Å². The van der Waals surface area contributed by atoms with Crippen LogP contribution in [0.5, 0.6) is 0 Å². The molecule has 0 atom stereocenters. The molecule has 0 aliphatic heterocycles. The Morgan fingerprint density at radius 2 is 2.00 bits per heavy atom. The van der Waals surface area contributed by atoms with Gasteiger partial charge in [0.1, 0.15) is 11.6 Å². The van der Waals surface area contributed by atoms with E-state index in [1.165, 1.54) is 23.9 Å². The molecule has 0 bridgehead atoms. The molecule has 1 nitrogen and oxygen atoms in total. The quantitative estimate of drug-likeness (QED) is 0.562. The van der Waals surface area contributed by atoms with E-state index in [4.69, 9.17) is 0 Å². The summed E-state index contributed by atoms with van der Waals surface area (Å²) in [7, 11) is 0. The first-order valence-corrected chi connectivity index (χ1v) is 7.01. The maximum atomic E-state index is 13.3. The minimum Gasteiger partial charge on any atom is -0.317 e. The Bertz CT molecular complexity index is 331. The molecule has 1 N–H and O–H groups in total. The van der Waals surface area contributed by atoms with Crippen molar-refractivity contribution in [1.29, 1.82) is 0 Å². The summed E-state index contributed by atoms with van der Waals surface area (Å²) >= 11 is 1.45. The van der Waals surface area contributed by atoms with Crippen LogP contribution >= 0.6 is 11.8 Å². The van der Waals surface area contributed by atoms with E-state index in [2.05, 4.69) is 12.2 Å². The Balaban J connectivity index is 2.14. The van der Waals surface area contributed by atoms with E-state index in [-0.39, 0.29) is 0 Å². The van der Waals surface area contributed by atoms with E-state index >= 15 is 0 Å². The summed E-state index contributed by atoms with van der Waals surface area (Å²) in [4.78, 5) is 0.535. The second-order valence-corrected chi connectivity index (χ2v) is 5.02. The van der Waals surface area contributed by atoms with Gasteiger partial charge in [0.05, 0.1) is 0 Å². The van der Waals surface area contributed by atoms with Crippen molar-refractivity contribution < 1.29 is 8.78 Å². The maximum absolute atomic E-state index is 13.3. The summed E-state index contributed by atoms with van der Waals surface area (Å²) in [5.74, 6) is -0.106. The van der Waals surface area contributed by atoms with Crippen LogP contribution in [0.3, 0.4) is 0 Å². The predicted molar refractivity (Wildman–Crippen MR) is 69.5 cm³/mol. The first-order valence-electron chi connectivity index (χ1n) is 6.02. The molecular weight excluding hydrogens is 240 g/mol. The maximum Gasteiger partial charge on any atom is 0.139 e. The third-order valence-electron chi connectivity index (χ3n) is 2.33. The van der Waals surface area contributed by atoms with E-state index in [0.717, 1.165) is 44.2 Å². The van der Waals surface area contributed by atoms with Crippen molar-refractivity contribution in [3.8, 4) is 0 Å². The average Bonchev–Trinajstić information content (AvgIpc) is 2.30. The smallest absolute Gasteiger partial charge is 0.139 e. The third-order valence-corrected chi connectivity index (χ3v) is 3.46. The molecule has 1 aromatic carbocycles. The fourth-order valence-corrected chi connectivity index (χ4v) is 2.36. The van der Waals surface area contributed by atoms with E-state index < -0.39 is 11.6 Å². The Kier molecular flexibility index (Phi) is 7.21. The van der Waals surface area contributed by atoms with Crippen LogP contribution in [-0.2, 0) is 0 Å². The Morgan fingerprint density at radius 1 is 1.18 bits per heavy atom. The van der Waals surface area contributed by atoms with Crippen molar-refractivity contribution >= 4 is 11.8 Å². The molecule has 0 aliphatic carbocycles. The number of unbranched alkanes of at least 4 members (excludes halogenated alkanes) is 1. The zero-order valence-corrected chi connectivity index (χ0v) is 11.0. The van der Waals surface area contributed by atoms with Crippen molar-refractivity contribution in [3.05, 3.63) is 29.8 Å². The van der Waals surface area contributed by atoms with Gasteiger partial charge < -0.3 is 5.32 Å². The molecule has 0 heterocycles. The van der Waals surface area contributed by atoms with Crippen LogP contribution in [0.2, 0.25) is 0 Å². The molecule has 0 spiro atoms. The Labute approximate surface area is 106 Å². The zero-order valence-electron chi connectivity index (χ0n) is 10.1. The van der Waals surface area contributed by atoms with Crippen molar-refractivity contribution in [1.82, 2.24) is 5.32 Å². The van der Waals surface area contributed by atoms with Crippen LogP contribution < -0.4 is 5.32 Å². The predicted octanol–water partition coefficient (Wildman–Crippen LogP) is 3.84. The molecule has 1 aromatic rings. The number of rotatable bonds is 8. The lowest BCUT2D eigenvalue weighted by Crippen LogP contribution is -2.15. The molecule has 0 radical (unpaired) electrons. The molecule has 17 heavy (non-hydrogen) atoms. The largest absolute Gasteiger partial charge is 0.317 e. The van der Waals surface area contributed by atoms with Crippen LogP contribution in [0.1, 0.15) is 26.2 Å². The van der Waals surface area contributed by atoms with Gasteiger partial charge in [-0.3, -0.25) is 0 Å². The molecule has 0 saturated carbocycles. The van der Waals surface area contributed by atoms with Crippen LogP contribution in [0.4, 0.5) is 8.78 Å². The lowest BCUT2D eigenvalue weighted by Gasteiger charge is -2.04. The highest BCUT2D eigenvalue weighted by Gasteiger charge is 2.03. The Morgan fingerprint density at radius 3 is 2.71 bits per heavy atom. The Hall–Kier alpha value is -0.610. The number of hydrogen-bond acceptors (Lipinski definition) is 2. The standard InChI is InChI=1S/C13H19F2NS/c1-2-7-16-8-3-4-9-17-13-6-5-11(14)10-12(13)15/h5-6,10,16H,2-4,7-9H2,1H3. The third kappa shape index (κ3) is 6.03. The lowest BCUT2D eigenvalue weighted by molar-refractivity contribution is 0.565. The van der Waals surface area contributed by atoms with Gasteiger partial charge >= 0.3 is 0 Å². The SMILES string of the molecule is CCCNCCCCSc1ccc(F)cc1F. The second kappa shape index (κ2) is 8.48. The summed E-state index contributed by atoms with van der Waals surface area (Å²) in [6.07, 6.45) is 3.28. The molecule has 0 unspecified atom stereocenters. The fraction of sp³-hybridized carbons (Fsp3) is 0.538. The molecule has 0 aliphatic rings. The summed E-state index contributed by atoms with van der Waals surface area (Å²) in [5, 5.41) is 3.32. The van der Waals surface area contributed by atoms with Crippen molar-refractivity contribution in [2.45, 2.75) is 31.1 Å². The molecule has 0 saturated heterocycles. The molecule has 0 fully saturated rings. The normalized spacial score (nSPS) is 10.8. The summed E-state index contributed by atoms with van der Waals surface area (Å²) in [6, 6.07) is 3.74. The number of nitrogens with one attached hydrogen (secondary N) is 1. The van der Waals surface area contributed by atoms with Gasteiger partial charge in [-0.05, 0) is 50.2 Å². The minimum absolute atomic E-state index is 0.459.